The number of allylic oxidation sites excluding steroid dienone is 2. The van der Waals surface area contributed by atoms with Crippen molar-refractivity contribution < 1.29 is 0 Å². The minimum Gasteiger partial charge on any atom is -0.387 e. The van der Waals surface area contributed by atoms with Crippen molar-refractivity contribution in [3.63, 3.8) is 0 Å². The number of aliphatic imine (C=N–C) groups is 1. The Morgan fingerprint density at radius 2 is 2.00 bits per heavy atom. The Hall–Kier alpha value is -0.0900. The van der Waals surface area contributed by atoms with Crippen LogP contribution in [0.4, 0.5) is 0 Å². The number of nitrogens with two attached hydrogens (primary N) is 1. The predicted molar refractivity (Wildman–Crippen MR) is 69.1 cm³/mol. The van der Waals surface area contributed by atoms with Crippen molar-refractivity contribution in [2.45, 2.75) is 32.1 Å². The summed E-state index contributed by atoms with van der Waals surface area (Å²) in [4.78, 5) is 4.23. The molecule has 0 spiro atoms. The maximum atomic E-state index is 5.78. The average molecular weight is 322 g/mol. The molecule has 0 aromatic heterocycles. The molecule has 0 bridgehead atoms. The van der Waals surface area contributed by atoms with E-state index in [9.17, 15) is 0 Å². The van der Waals surface area contributed by atoms with Gasteiger partial charge in [0.05, 0.1) is 0 Å². The molecule has 0 saturated carbocycles. The molecular formula is C10H14Br2N2. The molecule has 2 rings (SSSR count). The van der Waals surface area contributed by atoms with Gasteiger partial charge in [-0.2, -0.15) is 0 Å². The van der Waals surface area contributed by atoms with Gasteiger partial charge in [-0.05, 0) is 53.3 Å². The molecular weight excluding hydrogens is 308 g/mol. The van der Waals surface area contributed by atoms with Gasteiger partial charge in [-0.25, -0.2) is 4.99 Å². The summed E-state index contributed by atoms with van der Waals surface area (Å²) >= 11 is 3.40. The van der Waals surface area contributed by atoms with Crippen LogP contribution in [0.15, 0.2) is 26.8 Å². The molecule has 0 atom stereocenters. The van der Waals surface area contributed by atoms with Crippen LogP contribution in [-0.4, -0.2) is 5.84 Å². The van der Waals surface area contributed by atoms with Crippen LogP contribution < -0.4 is 5.73 Å². The Bertz CT molecular complexity index is 316. The molecule has 0 saturated heterocycles. The van der Waals surface area contributed by atoms with Crippen LogP contribution in [-0.2, 0) is 0 Å². The fraction of sp³-hybridized carbons (Fsp3) is 0.500. The van der Waals surface area contributed by atoms with E-state index >= 15 is 0 Å². The Morgan fingerprint density at radius 3 is 2.79 bits per heavy atom. The number of halogens is 2. The number of hydrogen-bond acceptors (Lipinski definition) is 2. The zero-order valence-corrected chi connectivity index (χ0v) is 11.2. The quantitative estimate of drug-likeness (QED) is 0.682. The van der Waals surface area contributed by atoms with Crippen LogP contribution in [0.1, 0.15) is 32.1 Å². The van der Waals surface area contributed by atoms with Gasteiger partial charge in [-0.15, -0.1) is 17.0 Å². The van der Waals surface area contributed by atoms with Gasteiger partial charge < -0.3 is 5.73 Å². The van der Waals surface area contributed by atoms with Crippen molar-refractivity contribution in [3.05, 3.63) is 21.8 Å². The van der Waals surface area contributed by atoms with Gasteiger partial charge in [0, 0.05) is 6.42 Å². The molecule has 78 valence electrons. The lowest BCUT2D eigenvalue weighted by atomic mass is 9.90. The monoisotopic (exact) mass is 320 g/mol. The van der Waals surface area contributed by atoms with Crippen molar-refractivity contribution in [2.24, 2.45) is 10.7 Å². The van der Waals surface area contributed by atoms with Crippen LogP contribution in [0.5, 0.6) is 0 Å². The molecule has 0 radical (unpaired) electrons. The van der Waals surface area contributed by atoms with E-state index in [2.05, 4.69) is 27.0 Å². The highest BCUT2D eigenvalue weighted by atomic mass is 79.9. The van der Waals surface area contributed by atoms with E-state index in [0.29, 0.717) is 0 Å². The summed E-state index contributed by atoms with van der Waals surface area (Å²) in [6, 6.07) is 0. The first-order valence-corrected chi connectivity index (χ1v) is 5.46. The van der Waals surface area contributed by atoms with Gasteiger partial charge in [-0.1, -0.05) is 5.57 Å². The van der Waals surface area contributed by atoms with E-state index < -0.39 is 0 Å². The lowest BCUT2D eigenvalue weighted by Crippen LogP contribution is -2.13. The molecule has 2 aliphatic rings. The third-order valence-corrected chi connectivity index (χ3v) is 2.97. The molecule has 1 aliphatic carbocycles. The molecule has 2 nitrogen and oxygen atoms in total. The van der Waals surface area contributed by atoms with E-state index in [1.165, 1.54) is 36.8 Å². The number of hydrogen-bond donors (Lipinski definition) is 1. The maximum absolute atomic E-state index is 5.78. The third-order valence-electron chi connectivity index (χ3n) is 2.57. The van der Waals surface area contributed by atoms with Gasteiger partial charge in [0.15, 0.2) is 0 Å². The summed E-state index contributed by atoms with van der Waals surface area (Å²) in [6.45, 7) is 0. The average Bonchev–Trinajstić information content (AvgIpc) is 2.20. The summed E-state index contributed by atoms with van der Waals surface area (Å²) in [5.41, 5.74) is 8.71. The summed E-state index contributed by atoms with van der Waals surface area (Å²) in [6.07, 6.45) is 7.97. The lowest BCUT2D eigenvalue weighted by molar-refractivity contribution is 0.676. The number of amidine groups is 1. The second kappa shape index (κ2) is 5.12. The zero-order chi connectivity index (χ0) is 9.26. The van der Waals surface area contributed by atoms with Crippen molar-refractivity contribution >= 4 is 38.7 Å². The first-order valence-electron chi connectivity index (χ1n) is 4.67. The first-order chi connectivity index (χ1) is 6.25. The predicted octanol–water partition coefficient (Wildman–Crippen LogP) is 3.43. The first kappa shape index (κ1) is 12.0. The zero-order valence-electron chi connectivity index (χ0n) is 7.92. The van der Waals surface area contributed by atoms with Gasteiger partial charge in [0.1, 0.15) is 10.4 Å². The third kappa shape index (κ3) is 2.70. The minimum atomic E-state index is 0. The Labute approximate surface area is 103 Å². The highest BCUT2D eigenvalue weighted by Crippen LogP contribution is 2.31. The Morgan fingerprint density at radius 1 is 1.29 bits per heavy atom. The molecule has 0 aromatic rings. The molecule has 0 fully saturated rings. The summed E-state index contributed by atoms with van der Waals surface area (Å²) in [5, 5.41) is 0. The van der Waals surface area contributed by atoms with Crippen LogP contribution >= 0.6 is 32.9 Å². The largest absolute Gasteiger partial charge is 0.387 e. The molecule has 0 unspecified atom stereocenters. The van der Waals surface area contributed by atoms with Gasteiger partial charge in [0.2, 0.25) is 0 Å². The molecule has 1 aliphatic heterocycles. The number of nitrogens with zero attached hydrogens (tertiary/aromatic N) is 1. The highest BCUT2D eigenvalue weighted by molar-refractivity contribution is 9.11. The van der Waals surface area contributed by atoms with Crippen LogP contribution in [0, 0.1) is 0 Å². The van der Waals surface area contributed by atoms with E-state index in [1.807, 2.05) is 0 Å². The van der Waals surface area contributed by atoms with Crippen molar-refractivity contribution in [2.75, 3.05) is 0 Å². The van der Waals surface area contributed by atoms with Crippen LogP contribution in [0.2, 0.25) is 0 Å². The molecule has 0 aromatic carbocycles. The molecule has 0 amide bonds. The summed E-state index contributed by atoms with van der Waals surface area (Å²) in [7, 11) is 0. The topological polar surface area (TPSA) is 38.4 Å². The second-order valence-corrected chi connectivity index (χ2v) is 4.40. The number of rotatable bonds is 0. The molecule has 1 heterocycles. The van der Waals surface area contributed by atoms with Crippen LogP contribution in [0.25, 0.3) is 0 Å². The van der Waals surface area contributed by atoms with Crippen LogP contribution in [0.3, 0.4) is 0 Å². The van der Waals surface area contributed by atoms with Crippen molar-refractivity contribution in [3.8, 4) is 0 Å². The summed E-state index contributed by atoms with van der Waals surface area (Å²) < 4.78 is 0.872. The fourth-order valence-electron chi connectivity index (χ4n) is 1.94. The normalized spacial score (nSPS) is 21.5. The highest BCUT2D eigenvalue weighted by Gasteiger charge is 2.15. The smallest absolute Gasteiger partial charge is 0.108 e. The molecule has 14 heavy (non-hydrogen) atoms. The fourth-order valence-corrected chi connectivity index (χ4v) is 2.44. The van der Waals surface area contributed by atoms with Crippen molar-refractivity contribution in [1.82, 2.24) is 0 Å². The standard InChI is InChI=1S/C10H13BrN2.BrH/c11-9-5-7-3-1-2-4-8(7)6-10(12)13-9;/h5H,1-4,6H2,(H2,12,13);1H. The SMILES string of the molecule is Br.NC1=NC(Br)=CC2=C(CCCC2)C1. The molecule has 4 heteroatoms. The van der Waals surface area contributed by atoms with E-state index in [-0.39, 0.29) is 17.0 Å². The molecule has 2 N–H and O–H groups in total. The minimum absolute atomic E-state index is 0. The van der Waals surface area contributed by atoms with E-state index in [4.69, 9.17) is 5.73 Å². The maximum Gasteiger partial charge on any atom is 0.108 e. The van der Waals surface area contributed by atoms with E-state index in [0.717, 1.165) is 16.9 Å². The lowest BCUT2D eigenvalue weighted by Gasteiger charge is -2.16. The second-order valence-electron chi connectivity index (χ2n) is 3.58. The van der Waals surface area contributed by atoms with Crippen molar-refractivity contribution in [1.29, 1.82) is 0 Å². The Kier molecular flexibility index (Phi) is 4.38. The van der Waals surface area contributed by atoms with Gasteiger partial charge in [0.25, 0.3) is 0 Å². The van der Waals surface area contributed by atoms with Gasteiger partial charge in [-0.3, -0.25) is 0 Å². The van der Waals surface area contributed by atoms with Gasteiger partial charge >= 0.3 is 0 Å². The Balaban J connectivity index is 0.000000980. The van der Waals surface area contributed by atoms with E-state index in [1.54, 1.807) is 0 Å². The summed E-state index contributed by atoms with van der Waals surface area (Å²) in [5.74, 6) is 0.732.